The van der Waals surface area contributed by atoms with Crippen molar-refractivity contribution in [3.63, 3.8) is 0 Å². The van der Waals surface area contributed by atoms with Gasteiger partial charge in [-0.1, -0.05) is 6.07 Å². The molecule has 4 rings (SSSR count). The molecule has 31 heavy (non-hydrogen) atoms. The minimum Gasteiger partial charge on any atom is -0.368 e. The molecule has 9 nitrogen and oxygen atoms in total. The normalized spacial score (nSPS) is 19.8. The highest BCUT2D eigenvalue weighted by Gasteiger charge is 2.31. The number of thiophene rings is 1. The van der Waals surface area contributed by atoms with E-state index >= 15 is 0 Å². The summed E-state index contributed by atoms with van der Waals surface area (Å²) in [6.07, 6.45) is 2.52. The van der Waals surface area contributed by atoms with Crippen LogP contribution < -0.4 is 5.32 Å². The van der Waals surface area contributed by atoms with Crippen molar-refractivity contribution in [1.29, 1.82) is 0 Å². The van der Waals surface area contributed by atoms with E-state index in [1.54, 1.807) is 11.3 Å². The van der Waals surface area contributed by atoms with Gasteiger partial charge in [0.15, 0.2) is 11.8 Å². The molecule has 1 unspecified atom stereocenters. The molecule has 1 N–H and O–H groups in total. The molecule has 0 aromatic carbocycles. The van der Waals surface area contributed by atoms with Gasteiger partial charge in [-0.05, 0) is 37.6 Å². The molecule has 2 aromatic rings. The molecule has 0 saturated carbocycles. The van der Waals surface area contributed by atoms with Crippen LogP contribution in [0.2, 0.25) is 0 Å². The number of rotatable bonds is 6. The smallest absolute Gasteiger partial charge is 0.251 e. The van der Waals surface area contributed by atoms with Crippen LogP contribution in [0, 0.1) is 6.92 Å². The topological polar surface area (TPSA) is 87.9 Å². The Hall–Kier alpha value is -2.46. The lowest BCUT2D eigenvalue weighted by atomic mass is 10.2. The minimum atomic E-state index is -0.247. The van der Waals surface area contributed by atoms with Gasteiger partial charge in [-0.25, -0.2) is 4.99 Å². The van der Waals surface area contributed by atoms with Crippen LogP contribution in [0.3, 0.4) is 0 Å². The highest BCUT2D eigenvalue weighted by molar-refractivity contribution is 7.09. The van der Waals surface area contributed by atoms with Crippen molar-refractivity contribution in [3.05, 3.63) is 34.0 Å². The van der Waals surface area contributed by atoms with E-state index in [0.717, 1.165) is 56.5 Å². The van der Waals surface area contributed by atoms with Gasteiger partial charge in [0.25, 0.3) is 5.91 Å². The average molecular weight is 446 g/mol. The third kappa shape index (κ3) is 5.43. The zero-order chi connectivity index (χ0) is 21.6. The number of aryl methyl sites for hydroxylation is 1. The van der Waals surface area contributed by atoms with Gasteiger partial charge in [0.2, 0.25) is 0 Å². The number of hydrogen-bond donors (Lipinski definition) is 1. The molecule has 0 radical (unpaired) electrons. The van der Waals surface area contributed by atoms with Crippen LogP contribution in [0.15, 0.2) is 22.5 Å². The summed E-state index contributed by atoms with van der Waals surface area (Å²) in [6, 6.07) is 4.23. The number of piperazine rings is 1. The van der Waals surface area contributed by atoms with Crippen LogP contribution in [-0.4, -0.2) is 81.9 Å². The van der Waals surface area contributed by atoms with Crippen molar-refractivity contribution >= 4 is 23.2 Å². The average Bonchev–Trinajstić information content (AvgIpc) is 3.55. The summed E-state index contributed by atoms with van der Waals surface area (Å²) in [6.45, 7) is 6.79. The van der Waals surface area contributed by atoms with E-state index in [-0.39, 0.29) is 12.0 Å². The van der Waals surface area contributed by atoms with Crippen molar-refractivity contribution in [3.8, 4) is 0 Å². The van der Waals surface area contributed by atoms with Crippen molar-refractivity contribution < 1.29 is 9.53 Å². The molecule has 2 fully saturated rings. The van der Waals surface area contributed by atoms with Crippen molar-refractivity contribution in [2.24, 2.45) is 12.0 Å². The fourth-order valence-corrected chi connectivity index (χ4v) is 4.58. The number of nitrogens with zero attached hydrogens (tertiary/aromatic N) is 6. The van der Waals surface area contributed by atoms with Crippen LogP contribution in [0.5, 0.6) is 0 Å². The van der Waals surface area contributed by atoms with E-state index in [0.29, 0.717) is 26.2 Å². The Bertz CT molecular complexity index is 882. The van der Waals surface area contributed by atoms with E-state index < -0.39 is 0 Å². The molecule has 0 aliphatic carbocycles. The third-order valence-electron chi connectivity index (χ3n) is 5.88. The maximum Gasteiger partial charge on any atom is 0.251 e. The van der Waals surface area contributed by atoms with E-state index in [1.807, 2.05) is 23.4 Å². The Balaban J connectivity index is 1.37. The monoisotopic (exact) mass is 445 g/mol. The van der Waals surface area contributed by atoms with E-state index in [9.17, 15) is 4.79 Å². The maximum atomic E-state index is 12.7. The Kier molecular flexibility index (Phi) is 7.18. The number of guanidine groups is 1. The Morgan fingerprint density at radius 3 is 2.74 bits per heavy atom. The molecule has 2 aliphatic rings. The summed E-state index contributed by atoms with van der Waals surface area (Å²) in [5.74, 6) is 2.71. The van der Waals surface area contributed by atoms with Gasteiger partial charge in [0.05, 0.1) is 0 Å². The summed E-state index contributed by atoms with van der Waals surface area (Å²) in [4.78, 5) is 23.0. The van der Waals surface area contributed by atoms with Crippen LogP contribution in [0.1, 0.15) is 29.4 Å². The van der Waals surface area contributed by atoms with Crippen molar-refractivity contribution in [2.75, 3.05) is 39.3 Å². The summed E-state index contributed by atoms with van der Waals surface area (Å²) >= 11 is 1.77. The fourth-order valence-electron chi connectivity index (χ4n) is 3.87. The quantitative estimate of drug-likeness (QED) is 0.531. The van der Waals surface area contributed by atoms with E-state index in [4.69, 9.17) is 9.73 Å². The number of nitrogens with one attached hydrogen (secondary N) is 1. The molecule has 168 valence electrons. The Morgan fingerprint density at radius 2 is 2.10 bits per heavy atom. The third-order valence-corrected chi connectivity index (χ3v) is 6.82. The molecule has 2 saturated heterocycles. The second-order valence-electron chi connectivity index (χ2n) is 7.93. The SMILES string of the molecule is Cc1nnc(CN=C(NCCc2cccs2)N2CCN(C(=O)C3CCCO3)CC2)n1C. The molecule has 0 bridgehead atoms. The van der Waals surface area contributed by atoms with Crippen LogP contribution in [0.25, 0.3) is 0 Å². The maximum absolute atomic E-state index is 12.7. The first-order valence-electron chi connectivity index (χ1n) is 10.9. The molecule has 1 atom stereocenters. The van der Waals surface area contributed by atoms with Crippen LogP contribution in [-0.2, 0) is 29.5 Å². The Labute approximate surface area is 187 Å². The fraction of sp³-hybridized carbons (Fsp3) is 0.619. The highest BCUT2D eigenvalue weighted by Crippen LogP contribution is 2.16. The predicted octanol–water partition coefficient (Wildman–Crippen LogP) is 1.20. The second kappa shape index (κ2) is 10.2. The van der Waals surface area contributed by atoms with Gasteiger partial charge in [-0.2, -0.15) is 0 Å². The summed E-state index contributed by atoms with van der Waals surface area (Å²) in [5.41, 5.74) is 0. The van der Waals surface area contributed by atoms with Gasteiger partial charge in [-0.15, -0.1) is 21.5 Å². The molecule has 1 amide bonds. The molecule has 2 aromatic heterocycles. The zero-order valence-corrected chi connectivity index (χ0v) is 19.1. The van der Waals surface area contributed by atoms with Gasteiger partial charge in [0, 0.05) is 51.3 Å². The van der Waals surface area contributed by atoms with E-state index in [1.165, 1.54) is 4.88 Å². The lowest BCUT2D eigenvalue weighted by molar-refractivity contribution is -0.142. The number of aromatic nitrogens is 3. The summed E-state index contributed by atoms with van der Waals surface area (Å²) < 4.78 is 7.54. The first kappa shape index (κ1) is 21.8. The molecular weight excluding hydrogens is 414 g/mol. The largest absolute Gasteiger partial charge is 0.368 e. The number of hydrogen-bond acceptors (Lipinski definition) is 6. The highest BCUT2D eigenvalue weighted by atomic mass is 32.1. The lowest BCUT2D eigenvalue weighted by Crippen LogP contribution is -2.55. The van der Waals surface area contributed by atoms with Gasteiger partial charge < -0.3 is 24.4 Å². The number of carbonyl (C=O) groups excluding carboxylic acids is 1. The van der Waals surface area contributed by atoms with Crippen LogP contribution >= 0.6 is 11.3 Å². The predicted molar refractivity (Wildman–Crippen MR) is 120 cm³/mol. The lowest BCUT2D eigenvalue weighted by Gasteiger charge is -2.37. The van der Waals surface area contributed by atoms with Crippen molar-refractivity contribution in [2.45, 2.75) is 38.8 Å². The summed E-state index contributed by atoms with van der Waals surface area (Å²) in [7, 11) is 1.96. The number of ether oxygens (including phenoxy) is 1. The summed E-state index contributed by atoms with van der Waals surface area (Å²) in [5, 5.41) is 14.0. The molecule has 2 aliphatic heterocycles. The van der Waals surface area contributed by atoms with Gasteiger partial charge in [-0.3, -0.25) is 4.79 Å². The molecule has 4 heterocycles. The first-order valence-corrected chi connectivity index (χ1v) is 11.8. The van der Waals surface area contributed by atoms with Crippen molar-refractivity contribution in [1.82, 2.24) is 29.9 Å². The molecule has 10 heteroatoms. The number of amides is 1. The molecule has 0 spiro atoms. The van der Waals surface area contributed by atoms with Crippen LogP contribution in [0.4, 0.5) is 0 Å². The standard InChI is InChI=1S/C21H31N7O2S/c1-16-24-25-19(26(16)2)15-23-21(22-8-7-17-5-4-14-31-17)28-11-9-27(10-12-28)20(29)18-6-3-13-30-18/h4-5,14,18H,3,6-13,15H2,1-2H3,(H,22,23). The van der Waals surface area contributed by atoms with Gasteiger partial charge in [0.1, 0.15) is 18.5 Å². The van der Waals surface area contributed by atoms with E-state index in [2.05, 4.69) is 37.9 Å². The number of carbonyl (C=O) groups is 1. The Morgan fingerprint density at radius 1 is 1.29 bits per heavy atom. The first-order chi connectivity index (χ1) is 15.1. The molecular formula is C21H31N7O2S. The second-order valence-corrected chi connectivity index (χ2v) is 8.96. The zero-order valence-electron chi connectivity index (χ0n) is 18.3. The number of aliphatic imine (C=N–C) groups is 1. The van der Waals surface area contributed by atoms with Gasteiger partial charge >= 0.3 is 0 Å². The minimum absolute atomic E-state index is 0.135.